The first-order valence-corrected chi connectivity index (χ1v) is 6.13. The highest BCUT2D eigenvalue weighted by molar-refractivity contribution is 7.21. The first-order valence-electron chi connectivity index (χ1n) is 5.31. The summed E-state index contributed by atoms with van der Waals surface area (Å²) in [5, 5.41) is 1.06. The molecule has 0 unspecified atom stereocenters. The summed E-state index contributed by atoms with van der Waals surface area (Å²) in [4.78, 5) is 10.6. The van der Waals surface area contributed by atoms with Gasteiger partial charge in [0.25, 0.3) is 5.52 Å². The van der Waals surface area contributed by atoms with E-state index in [1.165, 1.54) is 4.70 Å². The fraction of sp³-hybridized carbons (Fsp3) is 0. The van der Waals surface area contributed by atoms with Gasteiger partial charge in [-0.3, -0.25) is 0 Å². The van der Waals surface area contributed by atoms with E-state index in [1.54, 1.807) is 16.1 Å². The van der Waals surface area contributed by atoms with Crippen molar-refractivity contribution in [3.8, 4) is 16.3 Å². The maximum Gasteiger partial charge on any atom is 0.329 e. The van der Waals surface area contributed by atoms with Crippen molar-refractivity contribution in [1.82, 2.24) is 0 Å². The van der Waals surface area contributed by atoms with Crippen LogP contribution in [0.25, 0.3) is 20.8 Å². The van der Waals surface area contributed by atoms with Gasteiger partial charge >= 0.3 is 5.01 Å². The van der Waals surface area contributed by atoms with Gasteiger partial charge in [0, 0.05) is 6.07 Å². The number of thiazole rings is 1. The summed E-state index contributed by atoms with van der Waals surface area (Å²) >= 11 is 1.70. The highest BCUT2D eigenvalue weighted by Crippen LogP contribution is 2.35. The molecule has 1 aromatic heterocycles. The Labute approximate surface area is 101 Å². The average Bonchev–Trinajstić information content (AvgIpc) is 2.78. The summed E-state index contributed by atoms with van der Waals surface area (Å²) in [6.07, 6.45) is 0. The molecule has 0 saturated heterocycles. The van der Waals surface area contributed by atoms with Crippen LogP contribution < -0.4 is 14.6 Å². The Bertz CT molecular complexity index is 720. The minimum Gasteiger partial charge on any atom is -0.234 e. The minimum absolute atomic E-state index is 0.763. The highest BCUT2D eigenvalue weighted by atomic mass is 32.1. The second kappa shape index (κ2) is 3.21. The number of nitrogens with zero attached hydrogens (tertiary/aromatic N) is 1. The van der Waals surface area contributed by atoms with Crippen molar-refractivity contribution in [3.63, 3.8) is 0 Å². The van der Waals surface area contributed by atoms with E-state index in [9.17, 15) is 0 Å². The molecule has 0 N–H and O–H groups in total. The Morgan fingerprint density at radius 3 is 2.76 bits per heavy atom. The quantitative estimate of drug-likeness (QED) is 0.446. The molecule has 0 fully saturated rings. The SMILES string of the molecule is c1ccc2c(c1)OO[n+]1c-2sc2ccccc21. The van der Waals surface area contributed by atoms with Crippen LogP contribution in [0.5, 0.6) is 5.75 Å². The van der Waals surface area contributed by atoms with Crippen LogP contribution in [0, 0.1) is 0 Å². The lowest BCUT2D eigenvalue weighted by Gasteiger charge is -2.07. The molecule has 2 aromatic carbocycles. The third-order valence-electron chi connectivity index (χ3n) is 2.79. The molecule has 2 heterocycles. The van der Waals surface area contributed by atoms with Crippen LogP contribution >= 0.6 is 11.3 Å². The van der Waals surface area contributed by atoms with Crippen LogP contribution in [0.15, 0.2) is 48.5 Å². The molecule has 3 aromatic rings. The lowest BCUT2D eigenvalue weighted by molar-refractivity contribution is -0.921. The largest absolute Gasteiger partial charge is 0.329 e. The number of benzene rings is 2. The van der Waals surface area contributed by atoms with Crippen LogP contribution in [-0.2, 0) is 0 Å². The lowest BCUT2D eigenvalue weighted by atomic mass is 10.2. The van der Waals surface area contributed by atoms with Crippen molar-refractivity contribution in [2.45, 2.75) is 0 Å². The Morgan fingerprint density at radius 1 is 0.941 bits per heavy atom. The molecule has 0 bridgehead atoms. The van der Waals surface area contributed by atoms with Gasteiger partial charge in [0.15, 0.2) is 5.75 Å². The Balaban J connectivity index is 2.10. The fourth-order valence-electron chi connectivity index (χ4n) is 2.00. The number of fused-ring (bicyclic) bond motifs is 5. The van der Waals surface area contributed by atoms with Gasteiger partial charge in [0.2, 0.25) is 0 Å². The molecule has 1 aliphatic heterocycles. The third kappa shape index (κ3) is 1.18. The van der Waals surface area contributed by atoms with Gasteiger partial charge in [-0.1, -0.05) is 35.6 Å². The summed E-state index contributed by atoms with van der Waals surface area (Å²) in [5.74, 6) is 0.763. The number of para-hydroxylation sites is 2. The predicted octanol–water partition coefficient (Wildman–Crippen LogP) is 2.59. The Morgan fingerprint density at radius 2 is 1.76 bits per heavy atom. The van der Waals surface area contributed by atoms with E-state index in [2.05, 4.69) is 6.07 Å². The second-order valence-electron chi connectivity index (χ2n) is 3.82. The van der Waals surface area contributed by atoms with E-state index >= 15 is 0 Å². The number of aromatic nitrogens is 1. The zero-order valence-corrected chi connectivity index (χ0v) is 9.61. The molecule has 17 heavy (non-hydrogen) atoms. The van der Waals surface area contributed by atoms with Gasteiger partial charge in [0.05, 0.1) is 4.73 Å². The molecule has 0 radical (unpaired) electrons. The van der Waals surface area contributed by atoms with Crippen molar-refractivity contribution >= 4 is 21.6 Å². The molecule has 4 heteroatoms. The van der Waals surface area contributed by atoms with E-state index in [0.29, 0.717) is 0 Å². The second-order valence-corrected chi connectivity index (χ2v) is 4.85. The summed E-state index contributed by atoms with van der Waals surface area (Å²) in [7, 11) is 0. The number of hydrogen-bond acceptors (Lipinski definition) is 3. The molecule has 82 valence electrons. The van der Waals surface area contributed by atoms with Crippen LogP contribution in [0.3, 0.4) is 0 Å². The van der Waals surface area contributed by atoms with E-state index in [-0.39, 0.29) is 0 Å². The molecule has 0 atom stereocenters. The normalized spacial score (nSPS) is 12.5. The summed E-state index contributed by atoms with van der Waals surface area (Å²) < 4.78 is 2.92. The van der Waals surface area contributed by atoms with Gasteiger partial charge in [-0.2, -0.15) is 0 Å². The molecule has 3 nitrogen and oxygen atoms in total. The van der Waals surface area contributed by atoms with Crippen LogP contribution in [0.1, 0.15) is 0 Å². The van der Waals surface area contributed by atoms with Gasteiger partial charge in [-0.25, -0.2) is 4.89 Å². The van der Waals surface area contributed by atoms with E-state index in [1.807, 2.05) is 42.5 Å². The fourth-order valence-corrected chi connectivity index (χ4v) is 3.10. The Kier molecular flexibility index (Phi) is 1.70. The number of rotatable bonds is 0. The van der Waals surface area contributed by atoms with E-state index in [4.69, 9.17) is 9.88 Å². The minimum atomic E-state index is 0.763. The van der Waals surface area contributed by atoms with Crippen LogP contribution in [-0.4, -0.2) is 0 Å². The molecular weight excluding hydrogens is 234 g/mol. The van der Waals surface area contributed by atoms with Crippen LogP contribution in [0.2, 0.25) is 0 Å². The van der Waals surface area contributed by atoms with Gasteiger partial charge in [-0.15, -0.1) is 0 Å². The van der Waals surface area contributed by atoms with Crippen molar-refractivity contribution in [1.29, 1.82) is 0 Å². The maximum atomic E-state index is 5.33. The van der Waals surface area contributed by atoms with E-state index < -0.39 is 0 Å². The van der Waals surface area contributed by atoms with Gasteiger partial charge in [-0.05, 0) is 23.2 Å². The predicted molar refractivity (Wildman–Crippen MR) is 64.7 cm³/mol. The van der Waals surface area contributed by atoms with Gasteiger partial charge < -0.3 is 0 Å². The molecular formula is C13H8NO2S+. The topological polar surface area (TPSA) is 22.3 Å². The highest BCUT2D eigenvalue weighted by Gasteiger charge is 2.32. The van der Waals surface area contributed by atoms with E-state index in [0.717, 1.165) is 21.8 Å². The lowest BCUT2D eigenvalue weighted by Crippen LogP contribution is -2.47. The van der Waals surface area contributed by atoms with Crippen molar-refractivity contribution in [2.75, 3.05) is 0 Å². The average molecular weight is 242 g/mol. The standard InChI is InChI=1S/C13H8NO2S/c1-3-7-11-9(5-1)13-14(16-15-11)10-6-2-4-8-12(10)17-13/h1-8H/q+1. The summed E-state index contributed by atoms with van der Waals surface area (Å²) in [5.41, 5.74) is 2.10. The monoisotopic (exact) mass is 242 g/mol. The Hall–Kier alpha value is -2.07. The zero-order chi connectivity index (χ0) is 11.2. The van der Waals surface area contributed by atoms with Crippen molar-refractivity contribution in [2.24, 2.45) is 0 Å². The molecule has 4 rings (SSSR count). The summed E-state index contributed by atoms with van der Waals surface area (Å²) in [6, 6.07) is 16.0. The molecule has 0 spiro atoms. The molecule has 0 aliphatic carbocycles. The first kappa shape index (κ1) is 9.01. The van der Waals surface area contributed by atoms with Gasteiger partial charge in [0.1, 0.15) is 10.3 Å². The third-order valence-corrected chi connectivity index (χ3v) is 3.94. The zero-order valence-electron chi connectivity index (χ0n) is 8.79. The molecule has 0 saturated carbocycles. The first-order chi connectivity index (χ1) is 8.43. The molecule has 0 amide bonds. The molecule has 1 aliphatic rings. The van der Waals surface area contributed by atoms with Crippen molar-refractivity contribution in [3.05, 3.63) is 48.5 Å². The van der Waals surface area contributed by atoms with Crippen molar-refractivity contribution < 1.29 is 14.6 Å². The summed E-state index contributed by atoms with van der Waals surface area (Å²) in [6.45, 7) is 0. The smallest absolute Gasteiger partial charge is 0.234 e. The maximum absolute atomic E-state index is 5.33. The van der Waals surface area contributed by atoms with Crippen LogP contribution in [0.4, 0.5) is 0 Å². The number of hydrogen-bond donors (Lipinski definition) is 0.